The molecule has 1 aliphatic rings. The molecule has 2 unspecified atom stereocenters. The van der Waals surface area contributed by atoms with E-state index >= 15 is 0 Å². The molecule has 1 heterocycles. The third-order valence-corrected chi connectivity index (χ3v) is 3.73. The van der Waals surface area contributed by atoms with E-state index in [4.69, 9.17) is 4.74 Å². The van der Waals surface area contributed by atoms with Gasteiger partial charge in [0.1, 0.15) is 12.1 Å². The number of benzene rings is 1. The molecule has 114 valence electrons. The largest absolute Gasteiger partial charge is 0.380 e. The maximum atomic E-state index is 12.7. The van der Waals surface area contributed by atoms with Crippen molar-refractivity contribution >= 4 is 17.5 Å². The zero-order valence-electron chi connectivity index (χ0n) is 12.9. The highest BCUT2D eigenvalue weighted by molar-refractivity contribution is 6.08. The topological polar surface area (TPSA) is 58.6 Å². The Kier molecular flexibility index (Phi) is 4.63. The third-order valence-electron chi connectivity index (χ3n) is 3.73. The van der Waals surface area contributed by atoms with Crippen molar-refractivity contribution < 1.29 is 14.3 Å². The molecule has 0 spiro atoms. The number of amides is 2. The number of piperazine rings is 1. The van der Waals surface area contributed by atoms with Gasteiger partial charge in [-0.05, 0) is 30.5 Å². The van der Waals surface area contributed by atoms with Crippen molar-refractivity contribution in [3.8, 4) is 0 Å². The minimum Gasteiger partial charge on any atom is -0.380 e. The Morgan fingerprint density at radius 2 is 2.05 bits per heavy atom. The first-order valence-electron chi connectivity index (χ1n) is 7.17. The molecule has 0 bridgehead atoms. The summed E-state index contributed by atoms with van der Waals surface area (Å²) in [5, 5.41) is 2.80. The van der Waals surface area contributed by atoms with Gasteiger partial charge in [-0.3, -0.25) is 14.5 Å². The van der Waals surface area contributed by atoms with Gasteiger partial charge in [0.25, 0.3) is 5.91 Å². The van der Waals surface area contributed by atoms with E-state index in [0.717, 1.165) is 11.3 Å². The molecular weight excluding hydrogens is 268 g/mol. The smallest absolute Gasteiger partial charge is 0.250 e. The van der Waals surface area contributed by atoms with E-state index in [0.29, 0.717) is 6.61 Å². The highest BCUT2D eigenvalue weighted by Crippen LogP contribution is 2.24. The van der Waals surface area contributed by atoms with Crippen LogP contribution in [0.25, 0.3) is 0 Å². The van der Waals surface area contributed by atoms with Gasteiger partial charge >= 0.3 is 0 Å². The van der Waals surface area contributed by atoms with Crippen LogP contribution in [0.1, 0.15) is 26.3 Å². The van der Waals surface area contributed by atoms with Crippen LogP contribution in [0, 0.1) is 5.92 Å². The Morgan fingerprint density at radius 1 is 1.33 bits per heavy atom. The summed E-state index contributed by atoms with van der Waals surface area (Å²) in [6.07, 6.45) is 0. The van der Waals surface area contributed by atoms with Gasteiger partial charge in [0.2, 0.25) is 5.91 Å². The van der Waals surface area contributed by atoms with E-state index in [1.807, 2.05) is 38.1 Å². The Balaban J connectivity index is 2.36. The van der Waals surface area contributed by atoms with Gasteiger partial charge in [0.15, 0.2) is 0 Å². The molecule has 1 aliphatic heterocycles. The molecule has 0 radical (unpaired) electrons. The van der Waals surface area contributed by atoms with E-state index in [1.165, 1.54) is 0 Å². The van der Waals surface area contributed by atoms with Crippen molar-refractivity contribution in [3.05, 3.63) is 29.8 Å². The Morgan fingerprint density at radius 3 is 2.67 bits per heavy atom. The lowest BCUT2D eigenvalue weighted by atomic mass is 9.97. The summed E-state index contributed by atoms with van der Waals surface area (Å²) < 4.78 is 5.12. The normalized spacial score (nSPS) is 22.6. The summed E-state index contributed by atoms with van der Waals surface area (Å²) in [7, 11) is 1.63. The van der Waals surface area contributed by atoms with E-state index in [9.17, 15) is 9.59 Å². The third kappa shape index (κ3) is 3.08. The summed E-state index contributed by atoms with van der Waals surface area (Å²) in [5.41, 5.74) is 1.71. The average Bonchev–Trinajstić information content (AvgIpc) is 2.43. The lowest BCUT2D eigenvalue weighted by Gasteiger charge is -2.38. The molecule has 2 amide bonds. The number of nitrogens with zero attached hydrogens (tertiary/aromatic N) is 1. The number of methoxy groups -OCH3 is 1. The number of rotatable bonds is 4. The van der Waals surface area contributed by atoms with Crippen molar-refractivity contribution in [2.75, 3.05) is 12.0 Å². The summed E-state index contributed by atoms with van der Waals surface area (Å²) in [4.78, 5) is 26.4. The molecule has 0 saturated carbocycles. The Labute approximate surface area is 125 Å². The first-order valence-corrected chi connectivity index (χ1v) is 7.17. The molecule has 21 heavy (non-hydrogen) atoms. The number of ether oxygens (including phenoxy) is 1. The molecule has 1 fully saturated rings. The minimum atomic E-state index is -0.509. The van der Waals surface area contributed by atoms with Crippen molar-refractivity contribution in [1.82, 2.24) is 5.32 Å². The summed E-state index contributed by atoms with van der Waals surface area (Å²) in [6, 6.07) is 6.58. The zero-order valence-corrected chi connectivity index (χ0v) is 12.9. The van der Waals surface area contributed by atoms with Crippen LogP contribution >= 0.6 is 0 Å². The lowest BCUT2D eigenvalue weighted by molar-refractivity contribution is -0.134. The molecule has 1 saturated heterocycles. The summed E-state index contributed by atoms with van der Waals surface area (Å²) >= 11 is 0. The Bertz CT molecular complexity index is 542. The van der Waals surface area contributed by atoms with E-state index in [1.54, 1.807) is 18.9 Å². The van der Waals surface area contributed by atoms with E-state index < -0.39 is 12.1 Å². The summed E-state index contributed by atoms with van der Waals surface area (Å²) in [5.74, 6) is -0.129. The molecular formula is C16H22N2O3. The van der Waals surface area contributed by atoms with Crippen LogP contribution in [0.2, 0.25) is 0 Å². The first kappa shape index (κ1) is 15.5. The van der Waals surface area contributed by atoms with Gasteiger partial charge in [-0.1, -0.05) is 26.0 Å². The summed E-state index contributed by atoms with van der Waals surface area (Å²) in [6.45, 7) is 6.08. The SMILES string of the molecule is COCc1cccc(N2C(=O)C(C(C)C)NC(=O)C2C)c1. The van der Waals surface area contributed by atoms with Crippen molar-refractivity contribution in [3.63, 3.8) is 0 Å². The quantitative estimate of drug-likeness (QED) is 0.918. The van der Waals surface area contributed by atoms with Crippen LogP contribution in [-0.2, 0) is 20.9 Å². The molecule has 5 heteroatoms. The maximum absolute atomic E-state index is 12.7. The molecule has 2 atom stereocenters. The fourth-order valence-electron chi connectivity index (χ4n) is 2.56. The van der Waals surface area contributed by atoms with Crippen molar-refractivity contribution in [2.24, 2.45) is 5.92 Å². The monoisotopic (exact) mass is 290 g/mol. The fraction of sp³-hybridized carbons (Fsp3) is 0.500. The number of carbonyl (C=O) groups is 2. The van der Waals surface area contributed by atoms with Crippen molar-refractivity contribution in [1.29, 1.82) is 0 Å². The van der Waals surface area contributed by atoms with E-state index in [-0.39, 0.29) is 17.7 Å². The number of nitrogens with one attached hydrogen (secondary N) is 1. The average molecular weight is 290 g/mol. The molecule has 5 nitrogen and oxygen atoms in total. The second kappa shape index (κ2) is 6.26. The van der Waals surface area contributed by atoms with Crippen LogP contribution in [0.5, 0.6) is 0 Å². The standard InChI is InChI=1S/C16H22N2O3/c1-10(2)14-16(20)18(11(3)15(19)17-14)13-7-5-6-12(8-13)9-21-4/h5-8,10-11,14H,9H2,1-4H3,(H,17,19). The van der Waals surface area contributed by atoms with Crippen LogP contribution in [-0.4, -0.2) is 31.0 Å². The first-order chi connectivity index (χ1) is 9.95. The second-order valence-corrected chi connectivity index (χ2v) is 5.72. The fourth-order valence-corrected chi connectivity index (χ4v) is 2.56. The van der Waals surface area contributed by atoms with Crippen molar-refractivity contribution in [2.45, 2.75) is 39.5 Å². The van der Waals surface area contributed by atoms with Gasteiger partial charge in [-0.2, -0.15) is 0 Å². The number of hydrogen-bond acceptors (Lipinski definition) is 3. The van der Waals surface area contributed by atoms with Gasteiger partial charge in [0.05, 0.1) is 6.61 Å². The Hall–Kier alpha value is -1.88. The van der Waals surface area contributed by atoms with Crippen LogP contribution < -0.4 is 10.2 Å². The predicted molar refractivity (Wildman–Crippen MR) is 80.9 cm³/mol. The zero-order chi connectivity index (χ0) is 15.6. The molecule has 1 aromatic carbocycles. The predicted octanol–water partition coefficient (Wildman–Crippen LogP) is 1.71. The molecule has 0 aliphatic carbocycles. The van der Waals surface area contributed by atoms with Gasteiger partial charge in [-0.15, -0.1) is 0 Å². The molecule has 1 N–H and O–H groups in total. The minimum absolute atomic E-state index is 0.0543. The highest BCUT2D eigenvalue weighted by Gasteiger charge is 2.40. The maximum Gasteiger partial charge on any atom is 0.250 e. The van der Waals surface area contributed by atoms with Gasteiger partial charge in [0, 0.05) is 12.8 Å². The second-order valence-electron chi connectivity index (χ2n) is 5.72. The van der Waals surface area contributed by atoms with Gasteiger partial charge < -0.3 is 10.1 Å². The molecule has 0 aromatic heterocycles. The molecule has 2 rings (SSSR count). The number of anilines is 1. The van der Waals surface area contributed by atoms with Crippen LogP contribution in [0.15, 0.2) is 24.3 Å². The highest BCUT2D eigenvalue weighted by atomic mass is 16.5. The van der Waals surface area contributed by atoms with Crippen LogP contribution in [0.4, 0.5) is 5.69 Å². The van der Waals surface area contributed by atoms with Crippen LogP contribution in [0.3, 0.4) is 0 Å². The number of carbonyl (C=O) groups excluding carboxylic acids is 2. The molecule has 1 aromatic rings. The van der Waals surface area contributed by atoms with E-state index in [2.05, 4.69) is 5.32 Å². The number of hydrogen-bond donors (Lipinski definition) is 1. The van der Waals surface area contributed by atoms with Gasteiger partial charge in [-0.25, -0.2) is 0 Å². The lowest BCUT2D eigenvalue weighted by Crippen LogP contribution is -2.64.